The Morgan fingerprint density at radius 3 is 2.86 bits per heavy atom. The van der Waals surface area contributed by atoms with Crippen LogP contribution >= 0.6 is 0 Å². The molecule has 1 heterocycles. The number of nitrogens with zero attached hydrogens (tertiary/aromatic N) is 2. The van der Waals surface area contributed by atoms with E-state index in [-0.39, 0.29) is 17.8 Å². The van der Waals surface area contributed by atoms with Crippen LogP contribution in [0.1, 0.15) is 24.8 Å². The second kappa shape index (κ2) is 7.08. The summed E-state index contributed by atoms with van der Waals surface area (Å²) in [5.41, 5.74) is 6.49. The van der Waals surface area contributed by atoms with Crippen LogP contribution in [0.2, 0.25) is 0 Å². The van der Waals surface area contributed by atoms with E-state index >= 15 is 0 Å². The zero-order valence-corrected chi connectivity index (χ0v) is 12.1. The Balaban J connectivity index is 2.30. The van der Waals surface area contributed by atoms with E-state index in [4.69, 9.17) is 15.7 Å². The normalized spacial score (nSPS) is 21.1. The van der Waals surface area contributed by atoms with E-state index in [9.17, 15) is 4.79 Å². The number of hydrogen-bond acceptors (Lipinski definition) is 4. The van der Waals surface area contributed by atoms with Gasteiger partial charge >= 0.3 is 0 Å². The monoisotopic (exact) mass is 291 g/mol. The maximum absolute atomic E-state index is 12.9. The van der Waals surface area contributed by atoms with Gasteiger partial charge in [-0.05, 0) is 12.0 Å². The summed E-state index contributed by atoms with van der Waals surface area (Å²) in [7, 11) is 0. The molecule has 0 bridgehead atoms. The first-order valence-corrected chi connectivity index (χ1v) is 7.09. The van der Waals surface area contributed by atoms with Crippen molar-refractivity contribution in [2.24, 2.45) is 10.9 Å². The number of oxime groups is 1. The van der Waals surface area contributed by atoms with Crippen molar-refractivity contribution in [3.05, 3.63) is 35.9 Å². The van der Waals surface area contributed by atoms with Gasteiger partial charge in [-0.25, -0.2) is 0 Å². The molecular formula is C15H21N3O3. The molecule has 1 aromatic carbocycles. The Morgan fingerprint density at radius 2 is 2.24 bits per heavy atom. The molecule has 1 saturated heterocycles. The third-order valence-corrected chi connectivity index (χ3v) is 3.77. The molecule has 1 aliphatic heterocycles. The van der Waals surface area contributed by atoms with Crippen LogP contribution in [0, 0.1) is 0 Å². The van der Waals surface area contributed by atoms with Gasteiger partial charge in [-0.2, -0.15) is 0 Å². The third kappa shape index (κ3) is 3.33. The lowest BCUT2D eigenvalue weighted by Gasteiger charge is -2.37. The number of amides is 1. The van der Waals surface area contributed by atoms with E-state index in [1.807, 2.05) is 37.3 Å². The number of amidine groups is 1. The van der Waals surface area contributed by atoms with Crippen LogP contribution in [-0.2, 0) is 9.53 Å². The van der Waals surface area contributed by atoms with Gasteiger partial charge in [0.25, 0.3) is 0 Å². The molecule has 0 spiro atoms. The fraction of sp³-hybridized carbons (Fsp3) is 0.467. The van der Waals surface area contributed by atoms with Gasteiger partial charge in [0.15, 0.2) is 5.84 Å². The zero-order chi connectivity index (χ0) is 15.2. The van der Waals surface area contributed by atoms with Crippen LogP contribution in [0.5, 0.6) is 0 Å². The summed E-state index contributed by atoms with van der Waals surface area (Å²) in [6.07, 6.45) is 0.809. The second-order valence-corrected chi connectivity index (χ2v) is 5.04. The van der Waals surface area contributed by atoms with Crippen molar-refractivity contribution in [3.8, 4) is 0 Å². The quantitative estimate of drug-likeness (QED) is 0.377. The maximum atomic E-state index is 12.9. The molecule has 2 atom stereocenters. The minimum Gasteiger partial charge on any atom is -0.409 e. The van der Waals surface area contributed by atoms with Gasteiger partial charge in [0.2, 0.25) is 5.91 Å². The molecule has 1 aromatic rings. The number of nitrogens with two attached hydrogens (primary N) is 1. The number of carbonyl (C=O) groups excluding carboxylic acids is 1. The van der Waals surface area contributed by atoms with E-state index in [1.165, 1.54) is 0 Å². The Labute approximate surface area is 124 Å². The topological polar surface area (TPSA) is 88.2 Å². The number of carbonyl (C=O) groups is 1. The zero-order valence-electron chi connectivity index (χ0n) is 12.1. The van der Waals surface area contributed by atoms with Crippen LogP contribution in [0.3, 0.4) is 0 Å². The smallest absolute Gasteiger partial charge is 0.238 e. The molecule has 1 fully saturated rings. The van der Waals surface area contributed by atoms with E-state index in [0.29, 0.717) is 19.8 Å². The first-order valence-electron chi connectivity index (χ1n) is 7.09. The molecule has 0 radical (unpaired) electrons. The number of hydrogen-bond donors (Lipinski definition) is 2. The van der Waals surface area contributed by atoms with Crippen LogP contribution < -0.4 is 5.73 Å². The lowest BCUT2D eigenvalue weighted by Crippen LogP contribution is -2.51. The minimum absolute atomic E-state index is 0.0314. The van der Waals surface area contributed by atoms with Gasteiger partial charge in [-0.1, -0.05) is 42.4 Å². The molecule has 0 saturated carbocycles. The van der Waals surface area contributed by atoms with E-state index < -0.39 is 5.92 Å². The molecule has 114 valence electrons. The summed E-state index contributed by atoms with van der Waals surface area (Å²) in [6, 6.07) is 9.17. The molecule has 6 nitrogen and oxygen atoms in total. The predicted molar refractivity (Wildman–Crippen MR) is 79.2 cm³/mol. The Bertz CT molecular complexity index is 504. The molecule has 6 heteroatoms. The van der Waals surface area contributed by atoms with E-state index in [1.54, 1.807) is 4.90 Å². The lowest BCUT2D eigenvalue weighted by molar-refractivity contribution is -0.140. The highest BCUT2D eigenvalue weighted by Gasteiger charge is 2.34. The summed E-state index contributed by atoms with van der Waals surface area (Å²) in [5.74, 6) is -0.998. The van der Waals surface area contributed by atoms with Gasteiger partial charge in [0.05, 0.1) is 19.3 Å². The molecule has 1 aliphatic rings. The minimum atomic E-state index is -0.761. The second-order valence-electron chi connectivity index (χ2n) is 5.04. The summed E-state index contributed by atoms with van der Waals surface area (Å²) >= 11 is 0. The van der Waals surface area contributed by atoms with Crippen molar-refractivity contribution < 1.29 is 14.7 Å². The average Bonchev–Trinajstić information content (AvgIpc) is 2.55. The largest absolute Gasteiger partial charge is 0.409 e. The molecule has 21 heavy (non-hydrogen) atoms. The van der Waals surface area contributed by atoms with Crippen molar-refractivity contribution in [1.82, 2.24) is 4.90 Å². The molecular weight excluding hydrogens is 270 g/mol. The summed E-state index contributed by atoms with van der Waals surface area (Å²) < 4.78 is 5.42. The predicted octanol–water partition coefficient (Wildman–Crippen LogP) is 1.15. The molecule has 2 rings (SSSR count). The van der Waals surface area contributed by atoms with Gasteiger partial charge in [-0.15, -0.1) is 0 Å². The SMILES string of the molecule is CCC1COCCN1C(=O)C(C(N)=NO)c1ccccc1. The van der Waals surface area contributed by atoms with E-state index in [2.05, 4.69) is 5.16 Å². The fourth-order valence-corrected chi connectivity index (χ4v) is 2.59. The highest BCUT2D eigenvalue weighted by Crippen LogP contribution is 2.22. The van der Waals surface area contributed by atoms with Crippen LogP contribution in [0.15, 0.2) is 35.5 Å². The molecule has 0 aromatic heterocycles. The summed E-state index contributed by atoms with van der Waals surface area (Å²) in [4.78, 5) is 14.6. The van der Waals surface area contributed by atoms with Gasteiger partial charge in [0.1, 0.15) is 5.92 Å². The number of ether oxygens (including phenoxy) is 1. The van der Waals surface area contributed by atoms with Gasteiger partial charge in [-0.3, -0.25) is 4.79 Å². The van der Waals surface area contributed by atoms with E-state index in [0.717, 1.165) is 12.0 Å². The Morgan fingerprint density at radius 1 is 1.52 bits per heavy atom. The highest BCUT2D eigenvalue weighted by atomic mass is 16.5. The fourth-order valence-electron chi connectivity index (χ4n) is 2.59. The van der Waals surface area contributed by atoms with Crippen molar-refractivity contribution in [2.45, 2.75) is 25.3 Å². The Kier molecular flexibility index (Phi) is 5.16. The van der Waals surface area contributed by atoms with Crippen LogP contribution in [0.4, 0.5) is 0 Å². The first kappa shape index (κ1) is 15.3. The van der Waals surface area contributed by atoms with Crippen molar-refractivity contribution in [1.29, 1.82) is 0 Å². The van der Waals surface area contributed by atoms with Crippen molar-refractivity contribution in [2.75, 3.05) is 19.8 Å². The maximum Gasteiger partial charge on any atom is 0.238 e. The Hall–Kier alpha value is -2.08. The van der Waals surface area contributed by atoms with Crippen molar-refractivity contribution >= 4 is 11.7 Å². The molecule has 3 N–H and O–H groups in total. The average molecular weight is 291 g/mol. The summed E-state index contributed by atoms with van der Waals surface area (Å²) in [5, 5.41) is 12.1. The number of rotatable bonds is 4. The van der Waals surface area contributed by atoms with Crippen LogP contribution in [0.25, 0.3) is 0 Å². The number of benzene rings is 1. The molecule has 1 amide bonds. The highest BCUT2D eigenvalue weighted by molar-refractivity contribution is 6.07. The standard InChI is InChI=1S/C15H21N3O3/c1-2-12-10-21-9-8-18(12)15(19)13(14(16)17-20)11-6-4-3-5-7-11/h3-7,12-13,20H,2,8-10H2,1H3,(H2,16,17). The first-order chi connectivity index (χ1) is 10.2. The molecule has 2 unspecified atom stereocenters. The summed E-state index contributed by atoms with van der Waals surface area (Å²) in [6.45, 7) is 3.58. The van der Waals surface area contributed by atoms with Gasteiger partial charge < -0.3 is 20.6 Å². The lowest BCUT2D eigenvalue weighted by atomic mass is 9.95. The third-order valence-electron chi connectivity index (χ3n) is 3.77. The molecule has 0 aliphatic carbocycles. The van der Waals surface area contributed by atoms with Crippen molar-refractivity contribution in [3.63, 3.8) is 0 Å². The number of morpholine rings is 1. The van der Waals surface area contributed by atoms with Crippen LogP contribution in [-0.4, -0.2) is 47.7 Å². The van der Waals surface area contributed by atoms with Gasteiger partial charge in [0, 0.05) is 6.54 Å².